The van der Waals surface area contributed by atoms with Gasteiger partial charge in [-0.05, 0) is 15.4 Å². The summed E-state index contributed by atoms with van der Waals surface area (Å²) in [7, 11) is -2.58. The molecule has 2 atom stereocenters. The van der Waals surface area contributed by atoms with Crippen LogP contribution in [0.25, 0.3) is 0 Å². The van der Waals surface area contributed by atoms with Crippen LogP contribution in [-0.2, 0) is 14.0 Å². The van der Waals surface area contributed by atoms with E-state index in [1.165, 1.54) is 10.4 Å². The molecule has 0 saturated carbocycles. The van der Waals surface area contributed by atoms with Crippen LogP contribution in [0.4, 0.5) is 0 Å². The summed E-state index contributed by atoms with van der Waals surface area (Å²) in [6.45, 7) is 11.8. The van der Waals surface area contributed by atoms with Gasteiger partial charge in [0.15, 0.2) is 0 Å². The molecule has 1 aliphatic rings. The maximum absolute atomic E-state index is 12.0. The third-order valence-electron chi connectivity index (χ3n) is 5.98. The van der Waals surface area contributed by atoms with Crippen LogP contribution in [0.15, 0.2) is 60.7 Å². The molecule has 0 N–H and O–H groups in total. The Morgan fingerprint density at radius 1 is 1.04 bits per heavy atom. The Morgan fingerprint density at radius 3 is 1.89 bits per heavy atom. The average molecular weight is 383 g/mol. The molecule has 3 nitrogen and oxygen atoms in total. The summed E-state index contributed by atoms with van der Waals surface area (Å²) in [6, 6.07) is 21.2. The van der Waals surface area contributed by atoms with Gasteiger partial charge < -0.3 is 9.16 Å². The van der Waals surface area contributed by atoms with Crippen molar-refractivity contribution in [3.05, 3.63) is 60.7 Å². The molecule has 27 heavy (non-hydrogen) atoms. The van der Waals surface area contributed by atoms with Gasteiger partial charge in [-0.1, -0.05) is 95.3 Å². The third-order valence-corrected chi connectivity index (χ3v) is 11.0. The highest BCUT2D eigenvalue weighted by Crippen LogP contribution is 2.40. The maximum Gasteiger partial charge on any atom is 0.309 e. The topological polar surface area (TPSA) is 35.5 Å². The van der Waals surface area contributed by atoms with Crippen molar-refractivity contribution in [2.24, 2.45) is 11.3 Å². The number of ether oxygens (including phenoxy) is 1. The third kappa shape index (κ3) is 3.48. The Hall–Kier alpha value is -1.91. The highest BCUT2D eigenvalue weighted by Gasteiger charge is 2.53. The average Bonchev–Trinajstić information content (AvgIpc) is 2.91. The smallest absolute Gasteiger partial charge is 0.309 e. The number of benzene rings is 2. The van der Waals surface area contributed by atoms with Gasteiger partial charge in [0.2, 0.25) is 0 Å². The molecule has 1 heterocycles. The highest BCUT2D eigenvalue weighted by atomic mass is 28.4. The fraction of sp³-hybridized carbons (Fsp3) is 0.435. The van der Waals surface area contributed by atoms with Crippen LogP contribution in [0, 0.1) is 11.3 Å². The summed E-state index contributed by atoms with van der Waals surface area (Å²) in [5.41, 5.74) is -0.301. The van der Waals surface area contributed by atoms with Crippen LogP contribution >= 0.6 is 0 Å². The van der Waals surface area contributed by atoms with Gasteiger partial charge in [0.1, 0.15) is 0 Å². The monoisotopic (exact) mass is 382 g/mol. The van der Waals surface area contributed by atoms with E-state index in [2.05, 4.69) is 76.2 Å². The second kappa shape index (κ2) is 7.25. The molecule has 1 aliphatic heterocycles. The predicted octanol–water partition coefficient (Wildman–Crippen LogP) is 3.76. The van der Waals surface area contributed by atoms with E-state index in [1.54, 1.807) is 0 Å². The minimum absolute atomic E-state index is 0.0707. The molecule has 0 bridgehead atoms. The van der Waals surface area contributed by atoms with E-state index in [4.69, 9.17) is 9.16 Å². The van der Waals surface area contributed by atoms with E-state index in [0.717, 1.165) is 0 Å². The van der Waals surface area contributed by atoms with Crippen molar-refractivity contribution >= 4 is 24.7 Å². The number of cyclic esters (lactones) is 1. The van der Waals surface area contributed by atoms with E-state index < -0.39 is 8.32 Å². The zero-order valence-corrected chi connectivity index (χ0v) is 18.0. The Morgan fingerprint density at radius 2 is 1.52 bits per heavy atom. The summed E-state index contributed by atoms with van der Waals surface area (Å²) >= 11 is 0. The van der Waals surface area contributed by atoms with Crippen LogP contribution in [0.1, 0.15) is 34.6 Å². The van der Waals surface area contributed by atoms with Gasteiger partial charge >= 0.3 is 5.97 Å². The van der Waals surface area contributed by atoms with Crippen molar-refractivity contribution in [2.45, 2.75) is 39.7 Å². The molecule has 2 aromatic carbocycles. The second-order valence-corrected chi connectivity index (χ2v) is 13.2. The molecule has 0 unspecified atom stereocenters. The van der Waals surface area contributed by atoms with Crippen molar-refractivity contribution in [2.75, 3.05) is 13.2 Å². The first kappa shape index (κ1) is 19.8. The van der Waals surface area contributed by atoms with E-state index in [9.17, 15) is 4.79 Å². The summed E-state index contributed by atoms with van der Waals surface area (Å²) in [4.78, 5) is 12.0. The van der Waals surface area contributed by atoms with E-state index >= 15 is 0 Å². The van der Waals surface area contributed by atoms with Gasteiger partial charge in [0.25, 0.3) is 8.32 Å². The van der Waals surface area contributed by atoms with Crippen LogP contribution < -0.4 is 10.4 Å². The molecule has 0 aliphatic carbocycles. The number of carbonyl (C=O) groups excluding carboxylic acids is 1. The normalized spacial score (nSPS) is 23.3. The molecule has 0 radical (unpaired) electrons. The predicted molar refractivity (Wildman–Crippen MR) is 112 cm³/mol. The molecule has 0 aromatic heterocycles. The van der Waals surface area contributed by atoms with Crippen LogP contribution in [0.5, 0.6) is 0 Å². The van der Waals surface area contributed by atoms with Gasteiger partial charge in [-0.25, -0.2) is 0 Å². The fourth-order valence-corrected chi connectivity index (χ4v) is 8.67. The van der Waals surface area contributed by atoms with Gasteiger partial charge in [-0.3, -0.25) is 4.79 Å². The number of hydrogen-bond acceptors (Lipinski definition) is 3. The number of rotatable bonds is 5. The lowest BCUT2D eigenvalue weighted by molar-refractivity contribution is -0.140. The summed E-state index contributed by atoms with van der Waals surface area (Å²) in [6.07, 6.45) is 0. The number of carbonyl (C=O) groups is 1. The van der Waals surface area contributed by atoms with Gasteiger partial charge in [-0.15, -0.1) is 0 Å². The highest BCUT2D eigenvalue weighted by molar-refractivity contribution is 6.99. The van der Waals surface area contributed by atoms with Crippen molar-refractivity contribution in [3.8, 4) is 0 Å². The molecule has 144 valence electrons. The van der Waals surface area contributed by atoms with E-state index in [0.29, 0.717) is 13.2 Å². The molecule has 3 rings (SSSR count). The Bertz CT molecular complexity index is 743. The SMILES string of the molecule is C[C@H]1C(=O)OC[C@]1(C)CO[Si](c1ccccc1)(c1ccccc1)C(C)(C)C. The molecule has 2 aromatic rings. The molecular weight excluding hydrogens is 352 g/mol. The maximum atomic E-state index is 12.0. The Balaban J connectivity index is 2.09. The molecule has 0 spiro atoms. The molecule has 0 amide bonds. The van der Waals surface area contributed by atoms with E-state index in [1.807, 2.05) is 19.1 Å². The van der Waals surface area contributed by atoms with E-state index in [-0.39, 0.29) is 22.3 Å². The van der Waals surface area contributed by atoms with Gasteiger partial charge in [-0.2, -0.15) is 0 Å². The Kier molecular flexibility index (Phi) is 5.33. The van der Waals surface area contributed by atoms with Crippen LogP contribution in [-0.4, -0.2) is 27.5 Å². The van der Waals surface area contributed by atoms with Crippen LogP contribution in [0.2, 0.25) is 5.04 Å². The minimum Gasteiger partial charge on any atom is -0.465 e. The largest absolute Gasteiger partial charge is 0.465 e. The summed E-state index contributed by atoms with van der Waals surface area (Å²) < 4.78 is 12.3. The molecule has 4 heteroatoms. The first-order valence-electron chi connectivity index (χ1n) is 9.62. The van der Waals surface area contributed by atoms with Gasteiger partial charge in [0.05, 0.1) is 12.5 Å². The second-order valence-electron chi connectivity index (χ2n) is 8.94. The van der Waals surface area contributed by atoms with Gasteiger partial charge in [0, 0.05) is 12.0 Å². The summed E-state index contributed by atoms with van der Waals surface area (Å²) in [5.74, 6) is -0.278. The minimum atomic E-state index is -2.58. The zero-order valence-electron chi connectivity index (χ0n) is 17.0. The lowest BCUT2D eigenvalue weighted by atomic mass is 9.82. The Labute approximate surface area is 163 Å². The number of hydrogen-bond donors (Lipinski definition) is 0. The van der Waals surface area contributed by atoms with Crippen molar-refractivity contribution in [1.82, 2.24) is 0 Å². The lowest BCUT2D eigenvalue weighted by Crippen LogP contribution is -2.67. The zero-order chi connectivity index (χ0) is 19.7. The molecule has 1 saturated heterocycles. The quantitative estimate of drug-likeness (QED) is 0.583. The first-order chi connectivity index (χ1) is 12.7. The number of esters is 1. The van der Waals surface area contributed by atoms with Crippen molar-refractivity contribution in [3.63, 3.8) is 0 Å². The standard InChI is InChI=1S/C23H30O3Si/c1-18-21(24)25-16-23(18,5)17-26-27(22(2,3)4,19-12-8-6-9-13-19)20-14-10-7-11-15-20/h6-15,18H,16-17H2,1-5H3/t18-,23+/m0/s1. The first-order valence-corrected chi connectivity index (χ1v) is 11.5. The van der Waals surface area contributed by atoms with Crippen molar-refractivity contribution < 1.29 is 14.0 Å². The fourth-order valence-electron chi connectivity index (χ4n) is 3.97. The lowest BCUT2D eigenvalue weighted by Gasteiger charge is -2.44. The van der Waals surface area contributed by atoms with Crippen LogP contribution in [0.3, 0.4) is 0 Å². The van der Waals surface area contributed by atoms with Crippen molar-refractivity contribution in [1.29, 1.82) is 0 Å². The molecule has 1 fully saturated rings. The summed E-state index contributed by atoms with van der Waals surface area (Å²) in [5, 5.41) is 2.44. The molecular formula is C23H30O3Si.